The van der Waals surface area contributed by atoms with Gasteiger partial charge in [-0.3, -0.25) is 4.90 Å². The third-order valence-corrected chi connectivity index (χ3v) is 6.48. The summed E-state index contributed by atoms with van der Waals surface area (Å²) in [7, 11) is 1.64. The third kappa shape index (κ3) is 7.59. The van der Waals surface area contributed by atoms with Crippen LogP contribution in [0.25, 0.3) is 0 Å². The number of ether oxygens (including phenoxy) is 3. The molecule has 7 nitrogen and oxygen atoms in total. The van der Waals surface area contributed by atoms with E-state index in [-0.39, 0.29) is 18.8 Å². The minimum atomic E-state index is -0.574. The van der Waals surface area contributed by atoms with E-state index in [9.17, 15) is 10.2 Å². The lowest BCUT2D eigenvalue weighted by atomic mass is 9.91. The summed E-state index contributed by atoms with van der Waals surface area (Å²) in [5, 5.41) is 23.2. The molecular formula is C25H42N2O5. The Labute approximate surface area is 193 Å². The zero-order chi connectivity index (χ0) is 22.9. The lowest BCUT2D eigenvalue weighted by Gasteiger charge is -2.37. The van der Waals surface area contributed by atoms with Crippen molar-refractivity contribution in [3.05, 3.63) is 23.8 Å². The molecule has 2 aliphatic rings. The van der Waals surface area contributed by atoms with Crippen molar-refractivity contribution < 1.29 is 24.4 Å². The molecule has 1 heterocycles. The summed E-state index contributed by atoms with van der Waals surface area (Å²) in [5.74, 6) is 1.31. The zero-order valence-corrected chi connectivity index (χ0v) is 20.0. The molecule has 0 spiro atoms. The van der Waals surface area contributed by atoms with Crippen molar-refractivity contribution in [1.82, 2.24) is 10.2 Å². The largest absolute Gasteiger partial charge is 0.493 e. The van der Waals surface area contributed by atoms with Gasteiger partial charge in [0.2, 0.25) is 0 Å². The molecule has 3 rings (SSSR count). The topological polar surface area (TPSA) is 83.4 Å². The van der Waals surface area contributed by atoms with Crippen molar-refractivity contribution in [3.63, 3.8) is 0 Å². The number of rotatable bonds is 12. The summed E-state index contributed by atoms with van der Waals surface area (Å²) < 4.78 is 17.6. The number of nitrogens with one attached hydrogen (secondary N) is 1. The first-order valence-electron chi connectivity index (χ1n) is 12.2. The van der Waals surface area contributed by atoms with Crippen LogP contribution in [0.3, 0.4) is 0 Å². The summed E-state index contributed by atoms with van der Waals surface area (Å²) in [6.07, 6.45) is 5.91. The van der Waals surface area contributed by atoms with Gasteiger partial charge in [0.05, 0.1) is 25.9 Å². The van der Waals surface area contributed by atoms with E-state index in [0.717, 1.165) is 44.3 Å². The van der Waals surface area contributed by atoms with Gasteiger partial charge in [-0.2, -0.15) is 0 Å². The fourth-order valence-corrected chi connectivity index (χ4v) is 4.69. The second-order valence-corrected chi connectivity index (χ2v) is 9.46. The van der Waals surface area contributed by atoms with Crippen LogP contribution in [0.4, 0.5) is 0 Å². The van der Waals surface area contributed by atoms with E-state index in [1.54, 1.807) is 7.11 Å². The highest BCUT2D eigenvalue weighted by Gasteiger charge is 2.34. The summed E-state index contributed by atoms with van der Waals surface area (Å²) in [4.78, 5) is 2.43. The first-order chi connectivity index (χ1) is 15.5. The molecule has 7 heteroatoms. The zero-order valence-electron chi connectivity index (χ0n) is 20.0. The van der Waals surface area contributed by atoms with Crippen molar-refractivity contribution in [2.45, 2.75) is 82.8 Å². The minimum Gasteiger partial charge on any atom is -0.493 e. The van der Waals surface area contributed by atoms with Crippen molar-refractivity contribution in [3.8, 4) is 11.5 Å². The molecular weight excluding hydrogens is 408 g/mol. The van der Waals surface area contributed by atoms with E-state index in [4.69, 9.17) is 14.2 Å². The summed E-state index contributed by atoms with van der Waals surface area (Å²) in [6.45, 7) is 7.23. The van der Waals surface area contributed by atoms with Gasteiger partial charge in [0.1, 0.15) is 12.7 Å². The maximum absolute atomic E-state index is 10.1. The summed E-state index contributed by atoms with van der Waals surface area (Å²) >= 11 is 0. The highest BCUT2D eigenvalue weighted by Crippen LogP contribution is 2.30. The molecule has 1 aromatic rings. The second-order valence-electron chi connectivity index (χ2n) is 9.46. The monoisotopic (exact) mass is 450 g/mol. The fourth-order valence-electron chi connectivity index (χ4n) is 4.69. The van der Waals surface area contributed by atoms with E-state index < -0.39 is 6.10 Å². The molecule has 1 saturated heterocycles. The van der Waals surface area contributed by atoms with Gasteiger partial charge in [-0.1, -0.05) is 32.8 Å². The Morgan fingerprint density at radius 2 is 1.97 bits per heavy atom. The Kier molecular flexibility index (Phi) is 10.1. The maximum Gasteiger partial charge on any atom is 0.161 e. The van der Waals surface area contributed by atoms with Crippen molar-refractivity contribution in [1.29, 1.82) is 0 Å². The molecule has 182 valence electrons. The van der Waals surface area contributed by atoms with Crippen LogP contribution in [-0.2, 0) is 11.2 Å². The fraction of sp³-hybridized carbons (Fsp3) is 0.760. The highest BCUT2D eigenvalue weighted by molar-refractivity contribution is 5.43. The number of β-amino-alcohol motifs (C(OH)–C–C–N with tert-alkyl or cyclic N) is 1. The molecule has 0 bridgehead atoms. The number of hydrogen-bond donors (Lipinski definition) is 3. The minimum absolute atomic E-state index is 0.182. The molecule has 1 aliphatic carbocycles. The van der Waals surface area contributed by atoms with Gasteiger partial charge < -0.3 is 29.7 Å². The van der Waals surface area contributed by atoms with E-state index >= 15 is 0 Å². The lowest BCUT2D eigenvalue weighted by Crippen LogP contribution is -2.46. The van der Waals surface area contributed by atoms with Crippen LogP contribution >= 0.6 is 0 Å². The SMILES string of the molecule is COc1cc(CCO[C@H]2CCCC[C@H]2N2CC[C@H](O)C2)ccc1OCC(O)CNC(C)C. The van der Waals surface area contributed by atoms with Crippen LogP contribution in [0.15, 0.2) is 18.2 Å². The number of likely N-dealkylation sites (tertiary alicyclic amines) is 1. The average Bonchev–Trinajstić information content (AvgIpc) is 3.23. The molecule has 0 radical (unpaired) electrons. The Bertz CT molecular complexity index is 686. The maximum atomic E-state index is 10.1. The molecule has 0 aromatic heterocycles. The van der Waals surface area contributed by atoms with Gasteiger partial charge >= 0.3 is 0 Å². The molecule has 3 N–H and O–H groups in total. The van der Waals surface area contributed by atoms with Gasteiger partial charge in [0, 0.05) is 31.7 Å². The number of benzene rings is 1. The molecule has 1 saturated carbocycles. The number of aliphatic hydroxyl groups excluding tert-OH is 2. The predicted octanol–water partition coefficient (Wildman–Crippen LogP) is 2.37. The van der Waals surface area contributed by atoms with Crippen LogP contribution in [0.2, 0.25) is 0 Å². The molecule has 1 unspecified atom stereocenters. The van der Waals surface area contributed by atoms with Crippen LogP contribution in [0, 0.1) is 0 Å². The first kappa shape index (κ1) is 25.2. The number of aliphatic hydroxyl groups is 2. The Balaban J connectivity index is 1.47. The molecule has 1 aromatic carbocycles. The third-order valence-electron chi connectivity index (χ3n) is 6.48. The Hall–Kier alpha value is -1.38. The lowest BCUT2D eigenvalue weighted by molar-refractivity contribution is -0.0316. The Morgan fingerprint density at radius 3 is 2.69 bits per heavy atom. The molecule has 1 aliphatic heterocycles. The number of hydrogen-bond acceptors (Lipinski definition) is 7. The summed E-state index contributed by atoms with van der Waals surface area (Å²) in [5.41, 5.74) is 1.14. The average molecular weight is 451 g/mol. The van der Waals surface area contributed by atoms with Crippen molar-refractivity contribution >= 4 is 0 Å². The van der Waals surface area contributed by atoms with Gasteiger partial charge in [-0.05, 0) is 43.4 Å². The van der Waals surface area contributed by atoms with Gasteiger partial charge in [-0.25, -0.2) is 0 Å². The van der Waals surface area contributed by atoms with Crippen LogP contribution in [0.1, 0.15) is 51.5 Å². The second kappa shape index (κ2) is 12.8. The summed E-state index contributed by atoms with van der Waals surface area (Å²) in [6, 6.07) is 6.70. The normalized spacial score (nSPS) is 25.2. The van der Waals surface area contributed by atoms with Crippen molar-refractivity contribution in [2.75, 3.05) is 40.0 Å². The molecule has 32 heavy (non-hydrogen) atoms. The van der Waals surface area contributed by atoms with Gasteiger partial charge in [0.15, 0.2) is 11.5 Å². The number of nitrogens with zero attached hydrogens (tertiary/aromatic N) is 1. The number of methoxy groups -OCH3 is 1. The van der Waals surface area contributed by atoms with E-state index in [1.165, 1.54) is 12.8 Å². The molecule has 2 fully saturated rings. The first-order valence-corrected chi connectivity index (χ1v) is 12.2. The molecule has 0 amide bonds. The standard InChI is InChI=1S/C25H42N2O5/c1-18(2)26-15-21(29)17-32-24-9-8-19(14-25(24)30-3)11-13-31-23-7-5-4-6-22(23)27-12-10-20(28)16-27/h8-9,14,18,20-23,26,28-29H,4-7,10-13,15-17H2,1-3H3/t20-,21?,22+,23-/m0/s1. The quantitative estimate of drug-likeness (QED) is 0.451. The van der Waals surface area contributed by atoms with Gasteiger partial charge in [-0.15, -0.1) is 0 Å². The van der Waals surface area contributed by atoms with E-state index in [1.807, 2.05) is 32.0 Å². The van der Waals surface area contributed by atoms with Crippen LogP contribution in [0.5, 0.6) is 11.5 Å². The van der Waals surface area contributed by atoms with Crippen LogP contribution in [-0.4, -0.2) is 85.5 Å². The highest BCUT2D eigenvalue weighted by atomic mass is 16.5. The van der Waals surface area contributed by atoms with Gasteiger partial charge in [0.25, 0.3) is 0 Å². The Morgan fingerprint density at radius 1 is 1.16 bits per heavy atom. The molecule has 4 atom stereocenters. The van der Waals surface area contributed by atoms with Crippen LogP contribution < -0.4 is 14.8 Å². The van der Waals surface area contributed by atoms with E-state index in [0.29, 0.717) is 36.7 Å². The predicted molar refractivity (Wildman–Crippen MR) is 126 cm³/mol. The smallest absolute Gasteiger partial charge is 0.161 e. The van der Waals surface area contributed by atoms with Crippen molar-refractivity contribution in [2.24, 2.45) is 0 Å². The van der Waals surface area contributed by atoms with E-state index in [2.05, 4.69) is 10.2 Å².